The number of carboxylic acid groups (broad SMARTS) is 1. The Morgan fingerprint density at radius 1 is 1.18 bits per heavy atom. The van der Waals surface area contributed by atoms with Crippen LogP contribution in [0.3, 0.4) is 0 Å². The van der Waals surface area contributed by atoms with Crippen molar-refractivity contribution in [3.05, 3.63) is 0 Å². The number of nitrogens with zero attached hydrogens (tertiary/aromatic N) is 3. The quantitative estimate of drug-likeness (QED) is 0.745. The number of hydrogen-bond acceptors (Lipinski definition) is 4. The van der Waals surface area contributed by atoms with Gasteiger partial charge in [0.15, 0.2) is 0 Å². The van der Waals surface area contributed by atoms with Crippen molar-refractivity contribution in [2.45, 2.75) is 62.8 Å². The van der Waals surface area contributed by atoms with Gasteiger partial charge in [0.25, 0.3) is 0 Å². The largest absolute Gasteiger partial charge is 0.465 e. The van der Waals surface area contributed by atoms with E-state index >= 15 is 0 Å². The lowest BCUT2D eigenvalue weighted by atomic mass is 9.83. The van der Waals surface area contributed by atoms with Crippen LogP contribution >= 0.6 is 0 Å². The Morgan fingerprint density at radius 3 is 2.64 bits per heavy atom. The first-order valence-electron chi connectivity index (χ1n) is 7.92. The summed E-state index contributed by atoms with van der Waals surface area (Å²) in [7, 11) is 0. The van der Waals surface area contributed by atoms with Gasteiger partial charge in [0.2, 0.25) is 5.91 Å². The van der Waals surface area contributed by atoms with Gasteiger partial charge in [-0.1, -0.05) is 0 Å². The highest BCUT2D eigenvalue weighted by Crippen LogP contribution is 2.40. The van der Waals surface area contributed by atoms with E-state index in [1.54, 1.807) is 0 Å². The first-order valence-corrected chi connectivity index (χ1v) is 7.92. The van der Waals surface area contributed by atoms with E-state index in [9.17, 15) is 19.8 Å². The molecule has 2 amide bonds. The molecule has 1 saturated carbocycles. The van der Waals surface area contributed by atoms with Gasteiger partial charge in [0.1, 0.15) is 12.1 Å². The van der Waals surface area contributed by atoms with E-state index in [2.05, 4.69) is 6.07 Å². The number of carbonyl (C=O) groups is 2. The van der Waals surface area contributed by atoms with Crippen molar-refractivity contribution in [3.63, 3.8) is 0 Å². The topological polar surface area (TPSA) is 105 Å². The minimum absolute atomic E-state index is 0.136. The normalized spacial score (nSPS) is 37.7. The number of amides is 2. The zero-order chi connectivity index (χ0) is 15.9. The van der Waals surface area contributed by atoms with Gasteiger partial charge in [-0.3, -0.25) is 9.69 Å². The molecule has 0 aromatic heterocycles. The molecule has 0 bridgehead atoms. The van der Waals surface area contributed by atoms with E-state index in [0.29, 0.717) is 32.2 Å². The summed E-state index contributed by atoms with van der Waals surface area (Å²) in [4.78, 5) is 27.2. The first kappa shape index (κ1) is 15.1. The van der Waals surface area contributed by atoms with Crippen LogP contribution in [0.4, 0.5) is 4.79 Å². The number of aliphatic hydroxyl groups excluding tert-OH is 1. The Bertz CT molecular complexity index is 517. The Balaban J connectivity index is 1.81. The third kappa shape index (κ3) is 2.41. The lowest BCUT2D eigenvalue weighted by Gasteiger charge is -2.34. The summed E-state index contributed by atoms with van der Waals surface area (Å²) in [6.45, 7) is 0.527. The highest BCUT2D eigenvalue weighted by atomic mass is 16.4. The predicted octanol–water partition coefficient (Wildman–Crippen LogP) is 0.783. The molecule has 0 radical (unpaired) electrons. The number of carbonyl (C=O) groups excluding carboxylic acids is 1. The lowest BCUT2D eigenvalue weighted by molar-refractivity contribution is -0.135. The molecule has 0 aromatic carbocycles. The molecule has 3 rings (SSSR count). The van der Waals surface area contributed by atoms with Crippen molar-refractivity contribution >= 4 is 12.0 Å². The molecule has 2 aliphatic heterocycles. The monoisotopic (exact) mass is 307 g/mol. The van der Waals surface area contributed by atoms with Crippen LogP contribution in [0.5, 0.6) is 0 Å². The van der Waals surface area contributed by atoms with Gasteiger partial charge in [-0.2, -0.15) is 5.26 Å². The van der Waals surface area contributed by atoms with Crippen molar-refractivity contribution in [2.75, 3.05) is 6.54 Å². The lowest BCUT2D eigenvalue weighted by Crippen LogP contribution is -2.51. The van der Waals surface area contributed by atoms with Crippen LogP contribution in [0.15, 0.2) is 0 Å². The fourth-order valence-electron chi connectivity index (χ4n) is 4.29. The van der Waals surface area contributed by atoms with Crippen LogP contribution in [0.25, 0.3) is 0 Å². The first-order chi connectivity index (χ1) is 10.5. The minimum atomic E-state index is -1.10. The van der Waals surface area contributed by atoms with E-state index in [4.69, 9.17) is 5.26 Å². The second kappa shape index (κ2) is 5.76. The average Bonchev–Trinajstić information content (AvgIpc) is 3.09. The van der Waals surface area contributed by atoms with Gasteiger partial charge in [-0.25, -0.2) is 4.79 Å². The van der Waals surface area contributed by atoms with Crippen LogP contribution in [0.2, 0.25) is 0 Å². The Labute approximate surface area is 129 Å². The van der Waals surface area contributed by atoms with Crippen molar-refractivity contribution in [2.24, 2.45) is 5.92 Å². The fraction of sp³-hybridized carbons (Fsp3) is 0.800. The van der Waals surface area contributed by atoms with Crippen LogP contribution in [0.1, 0.15) is 38.5 Å². The molecule has 22 heavy (non-hydrogen) atoms. The van der Waals surface area contributed by atoms with Crippen LogP contribution in [-0.2, 0) is 4.79 Å². The molecule has 3 aliphatic rings. The smallest absolute Gasteiger partial charge is 0.408 e. The third-order valence-electron chi connectivity index (χ3n) is 5.34. The Kier molecular flexibility index (Phi) is 3.96. The Hall–Kier alpha value is -1.81. The van der Waals surface area contributed by atoms with E-state index < -0.39 is 24.3 Å². The van der Waals surface area contributed by atoms with Gasteiger partial charge in [-0.15, -0.1) is 0 Å². The van der Waals surface area contributed by atoms with Gasteiger partial charge in [0, 0.05) is 12.6 Å². The molecular weight excluding hydrogens is 286 g/mol. The van der Waals surface area contributed by atoms with Gasteiger partial charge in [0.05, 0.1) is 12.2 Å². The maximum atomic E-state index is 12.8. The second-order valence-electron chi connectivity index (χ2n) is 6.55. The van der Waals surface area contributed by atoms with E-state index in [-0.39, 0.29) is 17.9 Å². The summed E-state index contributed by atoms with van der Waals surface area (Å²) >= 11 is 0. The van der Waals surface area contributed by atoms with Crippen molar-refractivity contribution in [1.29, 1.82) is 5.26 Å². The standard InChI is InChI=1S/C15H21N3O4/c16-8-10-2-1-5-17(10)14(20)13-6-9-3-4-11(19)7-12(9)18(13)15(21)22/h9-13,19H,1-7H2,(H,21,22)/t9-,10-,11+,12-,13-/m0/s1. The van der Waals surface area contributed by atoms with Crippen molar-refractivity contribution in [3.8, 4) is 6.07 Å². The summed E-state index contributed by atoms with van der Waals surface area (Å²) < 4.78 is 0. The number of fused-ring (bicyclic) bond motifs is 1. The van der Waals surface area contributed by atoms with Gasteiger partial charge in [-0.05, 0) is 44.4 Å². The van der Waals surface area contributed by atoms with Crippen molar-refractivity contribution in [1.82, 2.24) is 9.80 Å². The summed E-state index contributed by atoms with van der Waals surface area (Å²) in [5.74, 6) is -0.105. The van der Waals surface area contributed by atoms with Gasteiger partial charge < -0.3 is 15.1 Å². The van der Waals surface area contributed by atoms with Crippen molar-refractivity contribution < 1.29 is 19.8 Å². The molecular formula is C15H21N3O4. The second-order valence-corrected chi connectivity index (χ2v) is 6.55. The van der Waals surface area contributed by atoms with Crippen LogP contribution < -0.4 is 0 Å². The molecule has 120 valence electrons. The number of aliphatic hydroxyl groups is 1. The number of rotatable bonds is 1. The molecule has 7 heteroatoms. The number of likely N-dealkylation sites (tertiary alicyclic amines) is 2. The Morgan fingerprint density at radius 2 is 1.95 bits per heavy atom. The summed E-state index contributed by atoms with van der Waals surface area (Å²) in [5.41, 5.74) is 0. The zero-order valence-corrected chi connectivity index (χ0v) is 12.4. The molecule has 5 atom stereocenters. The van der Waals surface area contributed by atoms with Crippen LogP contribution in [-0.4, -0.2) is 62.8 Å². The SMILES string of the molecule is N#C[C@@H]1CCCN1C(=O)[C@@H]1C[C@@H]2CC[C@@H](O)C[C@@H]2N1C(=O)O. The number of nitriles is 1. The predicted molar refractivity (Wildman–Crippen MR) is 75.8 cm³/mol. The highest BCUT2D eigenvalue weighted by molar-refractivity contribution is 5.87. The molecule has 1 aliphatic carbocycles. The molecule has 2 heterocycles. The average molecular weight is 307 g/mol. The molecule has 0 aromatic rings. The van der Waals surface area contributed by atoms with E-state index in [0.717, 1.165) is 12.8 Å². The molecule has 0 unspecified atom stereocenters. The molecule has 0 spiro atoms. The summed E-state index contributed by atoms with van der Waals surface area (Å²) in [6, 6.07) is 0.716. The van der Waals surface area contributed by atoms with Crippen LogP contribution in [0, 0.1) is 17.2 Å². The van der Waals surface area contributed by atoms with E-state index in [1.165, 1.54) is 9.80 Å². The molecule has 2 N–H and O–H groups in total. The minimum Gasteiger partial charge on any atom is -0.465 e. The molecule has 2 saturated heterocycles. The highest BCUT2D eigenvalue weighted by Gasteiger charge is 2.50. The third-order valence-corrected chi connectivity index (χ3v) is 5.34. The fourth-order valence-corrected chi connectivity index (χ4v) is 4.29. The molecule has 7 nitrogen and oxygen atoms in total. The summed E-state index contributed by atoms with van der Waals surface area (Å²) in [5, 5.41) is 28.5. The summed E-state index contributed by atoms with van der Waals surface area (Å²) in [6.07, 6.45) is 2.19. The molecule has 3 fully saturated rings. The number of hydrogen-bond donors (Lipinski definition) is 2. The maximum absolute atomic E-state index is 12.8. The zero-order valence-electron chi connectivity index (χ0n) is 12.4. The van der Waals surface area contributed by atoms with Gasteiger partial charge >= 0.3 is 6.09 Å². The van der Waals surface area contributed by atoms with E-state index in [1.807, 2.05) is 0 Å². The maximum Gasteiger partial charge on any atom is 0.408 e.